The van der Waals surface area contributed by atoms with Crippen LogP contribution in [0.1, 0.15) is 5.56 Å². The van der Waals surface area contributed by atoms with E-state index in [9.17, 15) is 0 Å². The van der Waals surface area contributed by atoms with Gasteiger partial charge in [0.2, 0.25) is 0 Å². The number of nitrogens with one attached hydrogen (secondary N) is 1. The Morgan fingerprint density at radius 3 is 2.85 bits per heavy atom. The van der Waals surface area contributed by atoms with Crippen molar-refractivity contribution in [2.45, 2.75) is 6.54 Å². The van der Waals surface area contributed by atoms with Crippen molar-refractivity contribution in [2.24, 2.45) is 0 Å². The Morgan fingerprint density at radius 1 is 1.46 bits per heavy atom. The van der Waals surface area contributed by atoms with Gasteiger partial charge in [-0.3, -0.25) is 5.32 Å². The topological polar surface area (TPSA) is 21.3 Å². The van der Waals surface area contributed by atoms with Crippen LogP contribution in [0.25, 0.3) is 0 Å². The fraction of sp³-hybridized carbons (Fsp3) is 0.333. The molecule has 0 amide bonds. The molecule has 1 rings (SSSR count). The Hall–Kier alpha value is -0.440. The van der Waals surface area contributed by atoms with Crippen LogP contribution in [0.3, 0.4) is 0 Å². The molecule has 4 heteroatoms. The summed E-state index contributed by atoms with van der Waals surface area (Å²) in [7, 11) is 1.63. The predicted octanol–water partition coefficient (Wildman–Crippen LogP) is 2.63. The van der Waals surface area contributed by atoms with Crippen molar-refractivity contribution in [1.82, 2.24) is 5.32 Å². The van der Waals surface area contributed by atoms with E-state index >= 15 is 0 Å². The highest BCUT2D eigenvalue weighted by molar-refractivity contribution is 6.30. The van der Waals surface area contributed by atoms with Crippen LogP contribution in [-0.2, 0) is 6.54 Å². The van der Waals surface area contributed by atoms with Crippen molar-refractivity contribution in [3.63, 3.8) is 0 Å². The summed E-state index contributed by atoms with van der Waals surface area (Å²) >= 11 is 11.3. The summed E-state index contributed by atoms with van der Waals surface area (Å²) in [6.07, 6.45) is 0. The molecule has 0 bridgehead atoms. The Labute approximate surface area is 87.8 Å². The molecule has 1 N–H and O–H groups in total. The third-order valence-corrected chi connectivity index (χ3v) is 2.08. The first-order chi connectivity index (χ1) is 6.27. The van der Waals surface area contributed by atoms with Crippen LogP contribution < -0.4 is 10.1 Å². The summed E-state index contributed by atoms with van der Waals surface area (Å²) in [6.45, 7) is 0.660. The molecule has 0 radical (unpaired) electrons. The molecule has 13 heavy (non-hydrogen) atoms. The van der Waals surface area contributed by atoms with Crippen molar-refractivity contribution >= 4 is 23.2 Å². The zero-order valence-electron chi connectivity index (χ0n) is 7.31. The molecule has 1 aromatic carbocycles. The summed E-state index contributed by atoms with van der Waals surface area (Å²) in [4.78, 5) is 0. The molecular weight excluding hydrogens is 209 g/mol. The summed E-state index contributed by atoms with van der Waals surface area (Å²) in [5, 5.41) is 3.69. The molecule has 72 valence electrons. The SMILES string of the molecule is COc1ccc(Cl)cc1CNCCl. The third-order valence-electron chi connectivity index (χ3n) is 1.65. The fourth-order valence-corrected chi connectivity index (χ4v) is 1.36. The zero-order valence-corrected chi connectivity index (χ0v) is 8.82. The summed E-state index contributed by atoms with van der Waals surface area (Å²) < 4.78 is 5.16. The van der Waals surface area contributed by atoms with E-state index in [1.807, 2.05) is 12.1 Å². The summed E-state index contributed by atoms with van der Waals surface area (Å²) in [6, 6.07) is 5.91. The first-order valence-corrected chi connectivity index (χ1v) is 4.78. The van der Waals surface area contributed by atoms with Gasteiger partial charge in [0.1, 0.15) is 5.75 Å². The molecule has 0 aromatic heterocycles. The molecule has 0 unspecified atom stereocenters. The van der Waals surface area contributed by atoms with Crippen LogP contribution >= 0.6 is 23.2 Å². The molecule has 0 saturated carbocycles. The highest BCUT2D eigenvalue weighted by Crippen LogP contribution is 2.22. The minimum atomic E-state index is 0.412. The van der Waals surface area contributed by atoms with E-state index in [2.05, 4.69) is 5.32 Å². The second kappa shape index (κ2) is 5.32. The van der Waals surface area contributed by atoms with Crippen molar-refractivity contribution in [2.75, 3.05) is 13.1 Å². The third kappa shape index (κ3) is 3.07. The maximum absolute atomic E-state index is 5.84. The van der Waals surface area contributed by atoms with Crippen molar-refractivity contribution < 1.29 is 4.74 Å². The van der Waals surface area contributed by atoms with Crippen LogP contribution in [0.15, 0.2) is 18.2 Å². The van der Waals surface area contributed by atoms with Crippen molar-refractivity contribution in [1.29, 1.82) is 0 Å². The van der Waals surface area contributed by atoms with Crippen molar-refractivity contribution in [3.8, 4) is 5.75 Å². The molecule has 0 atom stereocenters. The van der Waals surface area contributed by atoms with E-state index in [1.165, 1.54) is 0 Å². The standard InChI is InChI=1S/C9H11Cl2NO/c1-13-9-3-2-8(11)4-7(9)5-12-6-10/h2-4,12H,5-6H2,1H3. The Balaban J connectivity index is 2.81. The number of ether oxygens (including phenoxy) is 1. The normalized spacial score (nSPS) is 10.1. The predicted molar refractivity (Wildman–Crippen MR) is 55.6 cm³/mol. The first kappa shape index (κ1) is 10.6. The lowest BCUT2D eigenvalue weighted by atomic mass is 10.2. The number of halogens is 2. The first-order valence-electron chi connectivity index (χ1n) is 3.87. The van der Waals surface area contributed by atoms with Crippen LogP contribution in [-0.4, -0.2) is 13.1 Å². The molecular formula is C9H11Cl2NO. The second-order valence-corrected chi connectivity index (χ2v) is 3.22. The molecule has 0 aliphatic carbocycles. The van der Waals surface area contributed by atoms with Crippen LogP contribution in [0.4, 0.5) is 0 Å². The minimum Gasteiger partial charge on any atom is -0.496 e. The van der Waals surface area contributed by atoms with Gasteiger partial charge in [-0.1, -0.05) is 11.6 Å². The minimum absolute atomic E-state index is 0.412. The summed E-state index contributed by atoms with van der Waals surface area (Å²) in [5.41, 5.74) is 1.01. The number of benzene rings is 1. The second-order valence-electron chi connectivity index (χ2n) is 2.52. The van der Waals surface area contributed by atoms with Gasteiger partial charge < -0.3 is 4.74 Å². The van der Waals surface area contributed by atoms with Gasteiger partial charge >= 0.3 is 0 Å². The van der Waals surface area contributed by atoms with Gasteiger partial charge in [-0.2, -0.15) is 0 Å². The lowest BCUT2D eigenvalue weighted by Gasteiger charge is -2.08. The van der Waals surface area contributed by atoms with Crippen molar-refractivity contribution in [3.05, 3.63) is 28.8 Å². The highest BCUT2D eigenvalue weighted by Gasteiger charge is 2.02. The van der Waals surface area contributed by atoms with E-state index < -0.39 is 0 Å². The lowest BCUT2D eigenvalue weighted by molar-refractivity contribution is 0.408. The van der Waals surface area contributed by atoms with Gasteiger partial charge in [0.05, 0.1) is 13.1 Å². The van der Waals surface area contributed by atoms with Crippen LogP contribution in [0.5, 0.6) is 5.75 Å². The molecule has 1 aromatic rings. The maximum Gasteiger partial charge on any atom is 0.123 e. The molecule has 0 saturated heterocycles. The molecule has 0 heterocycles. The lowest BCUT2D eigenvalue weighted by Crippen LogP contribution is -2.11. The van der Waals surface area contributed by atoms with E-state index in [4.69, 9.17) is 27.9 Å². The average Bonchev–Trinajstić information content (AvgIpc) is 2.15. The van der Waals surface area contributed by atoms with Gasteiger partial charge in [0.15, 0.2) is 0 Å². The molecule has 0 aliphatic rings. The van der Waals surface area contributed by atoms with Gasteiger partial charge in [-0.25, -0.2) is 0 Å². The molecule has 0 aliphatic heterocycles. The van der Waals surface area contributed by atoms with Gasteiger partial charge in [-0.05, 0) is 18.2 Å². The number of alkyl halides is 1. The van der Waals surface area contributed by atoms with E-state index in [0.717, 1.165) is 11.3 Å². The van der Waals surface area contributed by atoms with E-state index in [1.54, 1.807) is 13.2 Å². The van der Waals surface area contributed by atoms with Crippen LogP contribution in [0, 0.1) is 0 Å². The Morgan fingerprint density at radius 2 is 2.23 bits per heavy atom. The number of hydrogen-bond acceptors (Lipinski definition) is 2. The molecule has 0 fully saturated rings. The monoisotopic (exact) mass is 219 g/mol. The zero-order chi connectivity index (χ0) is 9.68. The van der Waals surface area contributed by atoms with Gasteiger partial charge in [-0.15, -0.1) is 11.6 Å². The van der Waals surface area contributed by atoms with Gasteiger partial charge in [0, 0.05) is 17.1 Å². The molecule has 0 spiro atoms. The quantitative estimate of drug-likeness (QED) is 0.622. The summed E-state index contributed by atoms with van der Waals surface area (Å²) in [5.74, 6) is 0.821. The number of hydrogen-bond donors (Lipinski definition) is 1. The largest absolute Gasteiger partial charge is 0.496 e. The maximum atomic E-state index is 5.84. The van der Waals surface area contributed by atoms with Crippen LogP contribution in [0.2, 0.25) is 5.02 Å². The number of rotatable bonds is 4. The van der Waals surface area contributed by atoms with E-state index in [-0.39, 0.29) is 0 Å². The number of methoxy groups -OCH3 is 1. The highest BCUT2D eigenvalue weighted by atomic mass is 35.5. The Kier molecular flexibility index (Phi) is 4.36. The Bertz CT molecular complexity index is 278. The molecule has 2 nitrogen and oxygen atoms in total. The smallest absolute Gasteiger partial charge is 0.123 e. The van der Waals surface area contributed by atoms with Gasteiger partial charge in [0.25, 0.3) is 0 Å². The van der Waals surface area contributed by atoms with E-state index in [0.29, 0.717) is 17.6 Å². The average molecular weight is 220 g/mol. The fourth-order valence-electron chi connectivity index (χ4n) is 1.07.